The van der Waals surface area contributed by atoms with Crippen LogP contribution in [0.1, 0.15) is 11.1 Å². The Labute approximate surface area is 205 Å². The van der Waals surface area contributed by atoms with Crippen molar-refractivity contribution in [3.05, 3.63) is 96.3 Å². The standard InChI is InChI=1S/C26H20F3N3O3S/c1-36(33,34)32(16-17-6-5-9-19(14-17)26(27,28)29)20-10-11-21-22(15-20)35-24(18-7-3-2-4-8-18)23(21)25-30-12-13-31-25/h2-15H,16H2,1H3,(H,30,31). The second-order valence-corrected chi connectivity index (χ2v) is 10.2. The minimum absolute atomic E-state index is 0.205. The first-order valence-electron chi connectivity index (χ1n) is 10.9. The third-order valence-electron chi connectivity index (χ3n) is 5.71. The number of aromatic amines is 1. The van der Waals surface area contributed by atoms with Gasteiger partial charge in [0.1, 0.15) is 17.2 Å². The fourth-order valence-corrected chi connectivity index (χ4v) is 4.96. The number of halogens is 3. The van der Waals surface area contributed by atoms with Crippen LogP contribution in [0.3, 0.4) is 0 Å². The van der Waals surface area contributed by atoms with E-state index in [9.17, 15) is 21.6 Å². The SMILES string of the molecule is CS(=O)(=O)N(Cc1cccc(C(F)(F)F)c1)c1ccc2c(-c3ncc[nH]3)c(-c3ccccc3)oc2c1. The van der Waals surface area contributed by atoms with Crippen molar-refractivity contribution in [3.8, 4) is 22.7 Å². The van der Waals surface area contributed by atoms with E-state index in [2.05, 4.69) is 9.97 Å². The van der Waals surface area contributed by atoms with Crippen molar-refractivity contribution in [1.82, 2.24) is 9.97 Å². The largest absolute Gasteiger partial charge is 0.455 e. The molecule has 0 aliphatic rings. The Kier molecular flexibility index (Phi) is 5.83. The van der Waals surface area contributed by atoms with Gasteiger partial charge in [-0.25, -0.2) is 13.4 Å². The molecule has 10 heteroatoms. The molecule has 36 heavy (non-hydrogen) atoms. The summed E-state index contributed by atoms with van der Waals surface area (Å²) in [5.41, 5.74) is 1.57. The average Bonchev–Trinajstić information content (AvgIpc) is 3.49. The lowest BCUT2D eigenvalue weighted by atomic mass is 10.0. The van der Waals surface area contributed by atoms with E-state index in [1.54, 1.807) is 30.6 Å². The number of nitrogens with one attached hydrogen (secondary N) is 1. The number of furan rings is 1. The van der Waals surface area contributed by atoms with E-state index in [-0.39, 0.29) is 17.8 Å². The topological polar surface area (TPSA) is 79.2 Å². The predicted molar refractivity (Wildman–Crippen MR) is 132 cm³/mol. The molecule has 0 bridgehead atoms. The van der Waals surface area contributed by atoms with Crippen molar-refractivity contribution >= 4 is 26.7 Å². The molecular weight excluding hydrogens is 491 g/mol. The number of hydrogen-bond acceptors (Lipinski definition) is 4. The Morgan fingerprint density at radius 3 is 2.44 bits per heavy atom. The van der Waals surface area contributed by atoms with Crippen LogP contribution in [0.15, 0.2) is 89.6 Å². The van der Waals surface area contributed by atoms with Gasteiger partial charge >= 0.3 is 6.18 Å². The highest BCUT2D eigenvalue weighted by Gasteiger charge is 2.31. The molecule has 2 aromatic heterocycles. The van der Waals surface area contributed by atoms with Crippen LogP contribution in [0.2, 0.25) is 0 Å². The Morgan fingerprint density at radius 1 is 1.00 bits per heavy atom. The second-order valence-electron chi connectivity index (χ2n) is 8.26. The first kappa shape index (κ1) is 23.7. The molecule has 0 fully saturated rings. The molecule has 0 radical (unpaired) electrons. The first-order valence-corrected chi connectivity index (χ1v) is 12.7. The van der Waals surface area contributed by atoms with Gasteiger partial charge in [0.25, 0.3) is 0 Å². The van der Waals surface area contributed by atoms with Crippen LogP contribution in [0.5, 0.6) is 0 Å². The van der Waals surface area contributed by atoms with Crippen molar-refractivity contribution in [2.45, 2.75) is 12.7 Å². The Hall–Kier alpha value is -4.05. The molecule has 2 heterocycles. The number of nitrogens with zero attached hydrogens (tertiary/aromatic N) is 2. The van der Waals surface area contributed by atoms with Gasteiger partial charge in [-0.3, -0.25) is 4.31 Å². The fraction of sp³-hybridized carbons (Fsp3) is 0.115. The maximum absolute atomic E-state index is 13.2. The van der Waals surface area contributed by atoms with Crippen molar-refractivity contribution in [2.75, 3.05) is 10.6 Å². The van der Waals surface area contributed by atoms with E-state index in [0.717, 1.165) is 33.8 Å². The zero-order valence-corrected chi connectivity index (χ0v) is 19.8. The number of rotatable bonds is 6. The lowest BCUT2D eigenvalue weighted by Gasteiger charge is -2.23. The van der Waals surface area contributed by atoms with E-state index < -0.39 is 21.8 Å². The number of sulfonamides is 1. The molecule has 0 saturated heterocycles. The van der Waals surface area contributed by atoms with E-state index >= 15 is 0 Å². The molecule has 1 N–H and O–H groups in total. The number of benzene rings is 3. The minimum atomic E-state index is -4.53. The number of anilines is 1. The number of imidazole rings is 1. The van der Waals surface area contributed by atoms with Gasteiger partial charge in [-0.15, -0.1) is 0 Å². The van der Waals surface area contributed by atoms with Gasteiger partial charge < -0.3 is 9.40 Å². The lowest BCUT2D eigenvalue weighted by molar-refractivity contribution is -0.137. The summed E-state index contributed by atoms with van der Waals surface area (Å²) < 4.78 is 72.2. The molecule has 0 saturated carbocycles. The normalized spacial score (nSPS) is 12.2. The molecule has 6 nitrogen and oxygen atoms in total. The van der Waals surface area contributed by atoms with E-state index in [1.807, 2.05) is 30.3 Å². The zero-order chi connectivity index (χ0) is 25.5. The van der Waals surface area contributed by atoms with Gasteiger partial charge in [0, 0.05) is 29.4 Å². The van der Waals surface area contributed by atoms with Crippen LogP contribution in [-0.4, -0.2) is 24.6 Å². The van der Waals surface area contributed by atoms with Gasteiger partial charge in [0.2, 0.25) is 10.0 Å². The Bertz CT molecular complexity index is 1630. The summed E-state index contributed by atoms with van der Waals surface area (Å²) in [6.07, 6.45) is -0.207. The van der Waals surface area contributed by atoms with Crippen LogP contribution in [0.25, 0.3) is 33.7 Å². The number of aromatic nitrogens is 2. The summed E-state index contributed by atoms with van der Waals surface area (Å²) in [6, 6.07) is 18.9. The van der Waals surface area contributed by atoms with Crippen LogP contribution >= 0.6 is 0 Å². The highest BCUT2D eigenvalue weighted by atomic mass is 32.2. The number of fused-ring (bicyclic) bond motifs is 1. The summed E-state index contributed by atoms with van der Waals surface area (Å²) in [5.74, 6) is 1.14. The maximum atomic E-state index is 13.2. The number of H-pyrrole nitrogens is 1. The van der Waals surface area contributed by atoms with Gasteiger partial charge in [-0.05, 0) is 29.8 Å². The molecular formula is C26H20F3N3O3S. The third-order valence-corrected chi connectivity index (χ3v) is 6.85. The van der Waals surface area contributed by atoms with Crippen LogP contribution in [0.4, 0.5) is 18.9 Å². The molecule has 0 unspecified atom stereocenters. The number of hydrogen-bond donors (Lipinski definition) is 1. The summed E-state index contributed by atoms with van der Waals surface area (Å²) in [6.45, 7) is -0.272. The van der Waals surface area contributed by atoms with Crippen LogP contribution < -0.4 is 4.31 Å². The molecule has 3 aromatic carbocycles. The van der Waals surface area contributed by atoms with Crippen LogP contribution in [-0.2, 0) is 22.7 Å². The summed E-state index contributed by atoms with van der Waals surface area (Å²) >= 11 is 0. The van der Waals surface area contributed by atoms with E-state index in [0.29, 0.717) is 22.6 Å². The van der Waals surface area contributed by atoms with Crippen molar-refractivity contribution in [1.29, 1.82) is 0 Å². The van der Waals surface area contributed by atoms with Gasteiger partial charge in [0.15, 0.2) is 0 Å². The highest BCUT2D eigenvalue weighted by molar-refractivity contribution is 7.92. The molecule has 5 rings (SSSR count). The summed E-state index contributed by atoms with van der Waals surface area (Å²) in [4.78, 5) is 7.45. The summed E-state index contributed by atoms with van der Waals surface area (Å²) in [5, 5.41) is 0.708. The minimum Gasteiger partial charge on any atom is -0.455 e. The highest BCUT2D eigenvalue weighted by Crippen LogP contribution is 2.41. The summed E-state index contributed by atoms with van der Waals surface area (Å²) in [7, 11) is -3.84. The molecule has 184 valence electrons. The fourth-order valence-electron chi connectivity index (χ4n) is 4.08. The third kappa shape index (κ3) is 4.59. The van der Waals surface area contributed by atoms with Crippen molar-refractivity contribution < 1.29 is 26.0 Å². The molecule has 0 amide bonds. The number of alkyl halides is 3. The maximum Gasteiger partial charge on any atom is 0.416 e. The van der Waals surface area contributed by atoms with Gasteiger partial charge in [0.05, 0.1) is 29.6 Å². The first-order chi connectivity index (χ1) is 17.1. The van der Waals surface area contributed by atoms with E-state index in [1.165, 1.54) is 12.1 Å². The van der Waals surface area contributed by atoms with E-state index in [4.69, 9.17) is 4.42 Å². The molecule has 5 aromatic rings. The molecule has 0 atom stereocenters. The average molecular weight is 512 g/mol. The zero-order valence-electron chi connectivity index (χ0n) is 19.0. The van der Waals surface area contributed by atoms with Crippen molar-refractivity contribution in [3.63, 3.8) is 0 Å². The quantitative estimate of drug-likeness (QED) is 0.283. The molecule has 0 aliphatic carbocycles. The molecule has 0 aliphatic heterocycles. The lowest BCUT2D eigenvalue weighted by Crippen LogP contribution is -2.29. The van der Waals surface area contributed by atoms with Crippen LogP contribution in [0, 0.1) is 0 Å². The van der Waals surface area contributed by atoms with Crippen molar-refractivity contribution in [2.24, 2.45) is 0 Å². The Morgan fingerprint density at radius 2 is 1.78 bits per heavy atom. The molecule has 0 spiro atoms. The smallest absolute Gasteiger partial charge is 0.416 e. The Balaban J connectivity index is 1.62. The second kappa shape index (κ2) is 8.87. The predicted octanol–water partition coefficient (Wildman–Crippen LogP) is 6.47. The van der Waals surface area contributed by atoms with Gasteiger partial charge in [-0.2, -0.15) is 13.2 Å². The van der Waals surface area contributed by atoms with Gasteiger partial charge in [-0.1, -0.05) is 42.5 Å². The monoisotopic (exact) mass is 511 g/mol.